The van der Waals surface area contributed by atoms with E-state index in [0.717, 1.165) is 8.66 Å². The molecule has 1 N–H and O–H groups in total. The number of carbonyl (C=O) groups excluding carboxylic acids is 1. The van der Waals surface area contributed by atoms with Gasteiger partial charge < -0.3 is 5.32 Å². The number of halogens is 5. The fourth-order valence-corrected chi connectivity index (χ4v) is 3.01. The van der Waals surface area contributed by atoms with Gasteiger partial charge in [-0.15, -0.1) is 11.3 Å². The molecule has 21 heavy (non-hydrogen) atoms. The molecule has 0 aliphatic carbocycles. The number of rotatable bonds is 3. The van der Waals surface area contributed by atoms with Crippen molar-refractivity contribution in [2.45, 2.75) is 12.7 Å². The van der Waals surface area contributed by atoms with Crippen molar-refractivity contribution in [3.8, 4) is 0 Å². The predicted octanol–water partition coefficient (Wildman–Crippen LogP) is 4.60. The summed E-state index contributed by atoms with van der Waals surface area (Å²) >= 11 is 4.61. The maximum Gasteiger partial charge on any atom is 0.416 e. The lowest BCUT2D eigenvalue weighted by molar-refractivity contribution is -0.137. The topological polar surface area (TPSA) is 29.1 Å². The second kappa shape index (κ2) is 6.15. The van der Waals surface area contributed by atoms with Gasteiger partial charge in [0.25, 0.3) is 5.91 Å². The second-order valence-electron chi connectivity index (χ2n) is 4.08. The minimum atomic E-state index is -4.62. The summed E-state index contributed by atoms with van der Waals surface area (Å²) in [5, 5.41) is 2.39. The summed E-state index contributed by atoms with van der Waals surface area (Å²) in [6.07, 6.45) is -4.62. The first-order valence-electron chi connectivity index (χ1n) is 5.66. The first-order chi connectivity index (χ1) is 9.77. The van der Waals surface area contributed by atoms with Crippen molar-refractivity contribution in [2.24, 2.45) is 0 Å². The first-order valence-corrected chi connectivity index (χ1v) is 7.27. The summed E-state index contributed by atoms with van der Waals surface area (Å²) in [6, 6.07) is 5.27. The Morgan fingerprint density at radius 2 is 1.95 bits per heavy atom. The third-order valence-electron chi connectivity index (χ3n) is 2.59. The van der Waals surface area contributed by atoms with Crippen molar-refractivity contribution in [1.82, 2.24) is 5.32 Å². The third kappa shape index (κ3) is 4.04. The van der Waals surface area contributed by atoms with E-state index < -0.39 is 29.0 Å². The summed E-state index contributed by atoms with van der Waals surface area (Å²) in [4.78, 5) is 12.6. The van der Waals surface area contributed by atoms with Crippen LogP contribution in [0, 0.1) is 5.82 Å². The Kier molecular flexibility index (Phi) is 4.67. The van der Waals surface area contributed by atoms with Gasteiger partial charge in [-0.2, -0.15) is 13.2 Å². The number of benzene rings is 1. The number of carbonyl (C=O) groups is 1. The summed E-state index contributed by atoms with van der Waals surface area (Å²) < 4.78 is 52.0. The van der Waals surface area contributed by atoms with Crippen LogP contribution < -0.4 is 5.32 Å². The quantitative estimate of drug-likeness (QED) is 0.773. The van der Waals surface area contributed by atoms with Gasteiger partial charge in [0.1, 0.15) is 5.82 Å². The van der Waals surface area contributed by atoms with Crippen LogP contribution in [0.2, 0.25) is 0 Å². The van der Waals surface area contributed by atoms with E-state index in [9.17, 15) is 22.4 Å². The number of nitrogens with one attached hydrogen (secondary N) is 1. The zero-order valence-electron chi connectivity index (χ0n) is 10.3. The Labute approximate surface area is 129 Å². The van der Waals surface area contributed by atoms with Crippen molar-refractivity contribution in [3.05, 3.63) is 55.9 Å². The molecule has 1 aromatic carbocycles. The molecule has 0 aliphatic heterocycles. The predicted molar refractivity (Wildman–Crippen MR) is 74.6 cm³/mol. The van der Waals surface area contributed by atoms with Gasteiger partial charge in [0.15, 0.2) is 0 Å². The lowest BCUT2D eigenvalue weighted by Crippen LogP contribution is -2.24. The largest absolute Gasteiger partial charge is 0.416 e. The molecule has 0 spiro atoms. The van der Waals surface area contributed by atoms with Crippen LogP contribution in [0.3, 0.4) is 0 Å². The molecule has 2 aromatic rings. The van der Waals surface area contributed by atoms with Gasteiger partial charge in [0, 0.05) is 4.88 Å². The third-order valence-corrected chi connectivity index (χ3v) is 4.21. The van der Waals surface area contributed by atoms with E-state index in [1.54, 1.807) is 12.1 Å². The molecular weight excluding hydrogens is 374 g/mol. The molecule has 0 bridgehead atoms. The average molecular weight is 382 g/mol. The van der Waals surface area contributed by atoms with Crippen LogP contribution in [-0.2, 0) is 12.7 Å². The summed E-state index contributed by atoms with van der Waals surface area (Å²) in [5.74, 6) is -1.88. The standard InChI is InChI=1S/C13H8BrF4NOS/c14-11-4-2-8(21-11)6-19-12(20)9-5-7(13(16,17)18)1-3-10(9)15/h1-5H,6H2,(H,19,20). The molecule has 1 aromatic heterocycles. The van der Waals surface area contributed by atoms with Gasteiger partial charge >= 0.3 is 6.18 Å². The number of amides is 1. The van der Waals surface area contributed by atoms with Crippen LogP contribution >= 0.6 is 27.3 Å². The molecule has 0 unspecified atom stereocenters. The van der Waals surface area contributed by atoms with Crippen LogP contribution in [-0.4, -0.2) is 5.91 Å². The number of alkyl halides is 3. The summed E-state index contributed by atoms with van der Waals surface area (Å²) in [6.45, 7) is 0.116. The highest BCUT2D eigenvalue weighted by Gasteiger charge is 2.31. The number of hydrogen-bond acceptors (Lipinski definition) is 2. The molecule has 0 atom stereocenters. The highest BCUT2D eigenvalue weighted by molar-refractivity contribution is 9.11. The molecule has 8 heteroatoms. The maximum absolute atomic E-state index is 13.5. The molecule has 0 fully saturated rings. The summed E-state index contributed by atoms with van der Waals surface area (Å²) in [7, 11) is 0. The second-order valence-corrected chi connectivity index (χ2v) is 6.63. The van der Waals surface area contributed by atoms with Crippen LogP contribution in [0.15, 0.2) is 34.1 Å². The van der Waals surface area contributed by atoms with Gasteiger partial charge in [-0.1, -0.05) is 0 Å². The molecule has 2 rings (SSSR count). The van der Waals surface area contributed by atoms with Gasteiger partial charge in [-0.05, 0) is 46.3 Å². The zero-order valence-corrected chi connectivity index (χ0v) is 12.7. The molecule has 112 valence electrons. The molecule has 2 nitrogen and oxygen atoms in total. The van der Waals surface area contributed by atoms with Gasteiger partial charge in [-0.25, -0.2) is 4.39 Å². The average Bonchev–Trinajstić information content (AvgIpc) is 2.81. The molecule has 0 aliphatic rings. The van der Waals surface area contributed by atoms with E-state index in [4.69, 9.17) is 0 Å². The minimum Gasteiger partial charge on any atom is -0.347 e. The molecule has 1 amide bonds. The normalized spacial score (nSPS) is 11.5. The van der Waals surface area contributed by atoms with Gasteiger partial charge in [0.05, 0.1) is 21.5 Å². The summed E-state index contributed by atoms with van der Waals surface area (Å²) in [5.41, 5.74) is -1.69. The zero-order chi connectivity index (χ0) is 15.6. The Balaban J connectivity index is 2.15. The van der Waals surface area contributed by atoms with Crippen LogP contribution in [0.5, 0.6) is 0 Å². The van der Waals surface area contributed by atoms with Crippen LogP contribution in [0.25, 0.3) is 0 Å². The molecule has 1 heterocycles. The fraction of sp³-hybridized carbons (Fsp3) is 0.154. The van der Waals surface area contributed by atoms with Crippen LogP contribution in [0.4, 0.5) is 17.6 Å². The van der Waals surface area contributed by atoms with Gasteiger partial charge in [0.2, 0.25) is 0 Å². The van der Waals surface area contributed by atoms with E-state index >= 15 is 0 Å². The lowest BCUT2D eigenvalue weighted by Gasteiger charge is -2.10. The molecular formula is C13H8BrF4NOS. The number of hydrogen-bond donors (Lipinski definition) is 1. The van der Waals surface area contributed by atoms with Crippen molar-refractivity contribution in [1.29, 1.82) is 0 Å². The highest BCUT2D eigenvalue weighted by Crippen LogP contribution is 2.30. The van der Waals surface area contributed by atoms with Crippen molar-refractivity contribution in [3.63, 3.8) is 0 Å². The van der Waals surface area contributed by atoms with E-state index in [2.05, 4.69) is 21.2 Å². The van der Waals surface area contributed by atoms with E-state index in [-0.39, 0.29) is 6.54 Å². The van der Waals surface area contributed by atoms with Gasteiger partial charge in [-0.3, -0.25) is 4.79 Å². The lowest BCUT2D eigenvalue weighted by atomic mass is 10.1. The Morgan fingerprint density at radius 3 is 2.52 bits per heavy atom. The number of thiophene rings is 1. The van der Waals surface area contributed by atoms with Crippen molar-refractivity contribution in [2.75, 3.05) is 0 Å². The van der Waals surface area contributed by atoms with Crippen molar-refractivity contribution >= 4 is 33.2 Å². The smallest absolute Gasteiger partial charge is 0.347 e. The molecule has 0 radical (unpaired) electrons. The fourth-order valence-electron chi connectivity index (χ4n) is 1.58. The highest BCUT2D eigenvalue weighted by atomic mass is 79.9. The molecule has 0 saturated carbocycles. The van der Waals surface area contributed by atoms with Crippen molar-refractivity contribution < 1.29 is 22.4 Å². The monoisotopic (exact) mass is 381 g/mol. The van der Waals surface area contributed by atoms with E-state index in [0.29, 0.717) is 18.2 Å². The van der Waals surface area contributed by atoms with E-state index in [1.807, 2.05) is 0 Å². The Morgan fingerprint density at radius 1 is 1.24 bits per heavy atom. The first kappa shape index (κ1) is 16.0. The minimum absolute atomic E-state index is 0.116. The molecule has 0 saturated heterocycles. The van der Waals surface area contributed by atoms with E-state index in [1.165, 1.54) is 11.3 Å². The Hall–Kier alpha value is -1.41. The SMILES string of the molecule is O=C(NCc1ccc(Br)s1)c1cc(C(F)(F)F)ccc1F. The Bertz CT molecular complexity index is 668. The maximum atomic E-state index is 13.5. The van der Waals surface area contributed by atoms with Crippen LogP contribution in [0.1, 0.15) is 20.8 Å².